The Morgan fingerprint density at radius 3 is 2.50 bits per heavy atom. The monoisotopic (exact) mass is 141 g/mol. The molecule has 0 saturated heterocycles. The molecule has 0 N–H and O–H groups in total. The third-order valence-corrected chi connectivity index (χ3v) is 1.62. The summed E-state index contributed by atoms with van der Waals surface area (Å²) >= 11 is 0. The van der Waals surface area contributed by atoms with Gasteiger partial charge in [-0.05, 0) is 33.9 Å². The average molecular weight is 141 g/mol. The van der Waals surface area contributed by atoms with E-state index in [4.69, 9.17) is 0 Å². The van der Waals surface area contributed by atoms with E-state index < -0.39 is 0 Å². The van der Waals surface area contributed by atoms with Crippen LogP contribution >= 0.6 is 0 Å². The molecule has 0 heterocycles. The van der Waals surface area contributed by atoms with Crippen LogP contribution in [0.25, 0.3) is 0 Å². The first-order chi connectivity index (χ1) is 4.70. The van der Waals surface area contributed by atoms with Crippen molar-refractivity contribution in [1.29, 1.82) is 0 Å². The Hall–Kier alpha value is -0.300. The lowest BCUT2D eigenvalue weighted by molar-refractivity contribution is 0.362. The van der Waals surface area contributed by atoms with Crippen LogP contribution in [0, 0.1) is 0 Å². The molecule has 0 fully saturated rings. The molecule has 1 nitrogen and oxygen atoms in total. The zero-order chi connectivity index (χ0) is 7.98. The van der Waals surface area contributed by atoms with E-state index >= 15 is 0 Å². The fourth-order valence-electron chi connectivity index (χ4n) is 0.978. The van der Waals surface area contributed by atoms with Crippen molar-refractivity contribution in [1.82, 2.24) is 4.90 Å². The number of rotatable bonds is 4. The highest BCUT2D eigenvalue weighted by molar-refractivity contribution is 4.97. The van der Waals surface area contributed by atoms with E-state index in [2.05, 4.69) is 38.8 Å². The molecule has 0 unspecified atom stereocenters. The summed E-state index contributed by atoms with van der Waals surface area (Å²) in [5.41, 5.74) is 1.45. The van der Waals surface area contributed by atoms with Gasteiger partial charge in [-0.2, -0.15) is 0 Å². The molecule has 0 saturated carbocycles. The SMILES string of the molecule is C/C=C(\C)CN(C)CCC. The zero-order valence-corrected chi connectivity index (χ0v) is 7.65. The maximum Gasteiger partial charge on any atom is 0.0186 e. The van der Waals surface area contributed by atoms with Crippen molar-refractivity contribution >= 4 is 0 Å². The summed E-state index contributed by atoms with van der Waals surface area (Å²) in [7, 11) is 2.16. The standard InChI is InChI=1S/C9H19N/c1-5-7-10(4)8-9(3)6-2/h6H,5,7-8H2,1-4H3/b9-6+. The molecule has 0 aromatic heterocycles. The van der Waals surface area contributed by atoms with Gasteiger partial charge in [0.15, 0.2) is 0 Å². The van der Waals surface area contributed by atoms with Gasteiger partial charge in [0, 0.05) is 6.54 Å². The first-order valence-corrected chi connectivity index (χ1v) is 4.01. The first-order valence-electron chi connectivity index (χ1n) is 4.01. The van der Waals surface area contributed by atoms with Gasteiger partial charge in [0.1, 0.15) is 0 Å². The molecular weight excluding hydrogens is 122 g/mol. The summed E-state index contributed by atoms with van der Waals surface area (Å²) in [6.07, 6.45) is 3.42. The second-order valence-electron chi connectivity index (χ2n) is 2.87. The third-order valence-electron chi connectivity index (χ3n) is 1.62. The van der Waals surface area contributed by atoms with Crippen LogP contribution in [-0.2, 0) is 0 Å². The van der Waals surface area contributed by atoms with Crippen LogP contribution in [-0.4, -0.2) is 25.0 Å². The Labute approximate surface area is 64.7 Å². The number of hydrogen-bond acceptors (Lipinski definition) is 1. The molecule has 0 aliphatic heterocycles. The van der Waals surface area contributed by atoms with Crippen molar-refractivity contribution in [2.45, 2.75) is 27.2 Å². The van der Waals surface area contributed by atoms with Gasteiger partial charge in [-0.1, -0.05) is 18.6 Å². The molecule has 0 aliphatic carbocycles. The largest absolute Gasteiger partial charge is 0.302 e. The Bertz CT molecular complexity index is 105. The van der Waals surface area contributed by atoms with Gasteiger partial charge in [-0.15, -0.1) is 0 Å². The van der Waals surface area contributed by atoms with Crippen LogP contribution in [0.15, 0.2) is 11.6 Å². The van der Waals surface area contributed by atoms with Crippen LogP contribution in [0.3, 0.4) is 0 Å². The lowest BCUT2D eigenvalue weighted by Gasteiger charge is -2.14. The minimum atomic E-state index is 1.12. The summed E-state index contributed by atoms with van der Waals surface area (Å²) in [5, 5.41) is 0. The van der Waals surface area contributed by atoms with E-state index in [9.17, 15) is 0 Å². The molecule has 10 heavy (non-hydrogen) atoms. The lowest BCUT2D eigenvalue weighted by atomic mass is 10.2. The number of allylic oxidation sites excluding steroid dienone is 1. The van der Waals surface area contributed by atoms with Gasteiger partial charge < -0.3 is 4.90 Å². The van der Waals surface area contributed by atoms with E-state index in [0.29, 0.717) is 0 Å². The highest BCUT2D eigenvalue weighted by atomic mass is 15.1. The van der Waals surface area contributed by atoms with Crippen molar-refractivity contribution in [3.8, 4) is 0 Å². The van der Waals surface area contributed by atoms with Crippen LogP contribution in [0.4, 0.5) is 0 Å². The van der Waals surface area contributed by atoms with E-state index in [1.54, 1.807) is 0 Å². The highest BCUT2D eigenvalue weighted by Crippen LogP contribution is 1.95. The predicted octanol–water partition coefficient (Wildman–Crippen LogP) is 2.29. The fourth-order valence-corrected chi connectivity index (χ4v) is 0.978. The summed E-state index contributed by atoms with van der Waals surface area (Å²) in [4.78, 5) is 2.34. The zero-order valence-electron chi connectivity index (χ0n) is 7.65. The maximum absolute atomic E-state index is 2.34. The van der Waals surface area contributed by atoms with Crippen LogP contribution < -0.4 is 0 Å². The van der Waals surface area contributed by atoms with E-state index in [0.717, 1.165) is 6.54 Å². The van der Waals surface area contributed by atoms with Gasteiger partial charge in [0.05, 0.1) is 0 Å². The molecule has 0 spiro atoms. The molecular formula is C9H19N. The van der Waals surface area contributed by atoms with E-state index in [-0.39, 0.29) is 0 Å². The van der Waals surface area contributed by atoms with Gasteiger partial charge in [0.2, 0.25) is 0 Å². The fraction of sp³-hybridized carbons (Fsp3) is 0.778. The second-order valence-corrected chi connectivity index (χ2v) is 2.87. The quantitative estimate of drug-likeness (QED) is 0.543. The molecule has 0 amide bonds. The molecule has 0 radical (unpaired) electrons. The summed E-state index contributed by atoms with van der Waals surface area (Å²) in [6, 6.07) is 0. The second kappa shape index (κ2) is 5.48. The van der Waals surface area contributed by atoms with Crippen molar-refractivity contribution < 1.29 is 0 Å². The molecule has 0 rings (SSSR count). The average Bonchev–Trinajstić information content (AvgIpc) is 1.88. The third kappa shape index (κ3) is 4.57. The van der Waals surface area contributed by atoms with E-state index in [1.807, 2.05) is 0 Å². The van der Waals surface area contributed by atoms with E-state index in [1.165, 1.54) is 18.5 Å². The summed E-state index contributed by atoms with van der Waals surface area (Å²) < 4.78 is 0. The van der Waals surface area contributed by atoms with Crippen molar-refractivity contribution in [3.63, 3.8) is 0 Å². The van der Waals surface area contributed by atoms with Gasteiger partial charge in [-0.3, -0.25) is 0 Å². The molecule has 0 aromatic rings. The normalized spacial score (nSPS) is 12.7. The first kappa shape index (κ1) is 9.70. The number of likely N-dealkylation sites (N-methyl/N-ethyl adjacent to an activating group) is 1. The van der Waals surface area contributed by atoms with Crippen molar-refractivity contribution in [3.05, 3.63) is 11.6 Å². The summed E-state index contributed by atoms with van der Waals surface area (Å²) in [6.45, 7) is 8.79. The Morgan fingerprint density at radius 2 is 2.10 bits per heavy atom. The molecule has 60 valence electrons. The topological polar surface area (TPSA) is 3.24 Å². The number of nitrogens with zero attached hydrogens (tertiary/aromatic N) is 1. The summed E-state index contributed by atoms with van der Waals surface area (Å²) in [5.74, 6) is 0. The molecule has 0 atom stereocenters. The smallest absolute Gasteiger partial charge is 0.0186 e. The van der Waals surface area contributed by atoms with Crippen LogP contribution in [0.5, 0.6) is 0 Å². The molecule has 0 aliphatic rings. The molecule has 0 aromatic carbocycles. The highest BCUT2D eigenvalue weighted by Gasteiger charge is 1.94. The Kier molecular flexibility index (Phi) is 5.32. The number of hydrogen-bond donors (Lipinski definition) is 0. The lowest BCUT2D eigenvalue weighted by Crippen LogP contribution is -2.20. The van der Waals surface area contributed by atoms with Gasteiger partial charge in [0.25, 0.3) is 0 Å². The van der Waals surface area contributed by atoms with Crippen molar-refractivity contribution in [2.24, 2.45) is 0 Å². The molecule has 1 heteroatoms. The minimum Gasteiger partial charge on any atom is -0.302 e. The van der Waals surface area contributed by atoms with Crippen molar-refractivity contribution in [2.75, 3.05) is 20.1 Å². The van der Waals surface area contributed by atoms with Crippen LogP contribution in [0.1, 0.15) is 27.2 Å². The predicted molar refractivity (Wildman–Crippen MR) is 47.2 cm³/mol. The maximum atomic E-state index is 2.34. The minimum absolute atomic E-state index is 1.12. The molecule has 0 bridgehead atoms. The van der Waals surface area contributed by atoms with Gasteiger partial charge >= 0.3 is 0 Å². The Morgan fingerprint density at radius 1 is 1.50 bits per heavy atom. The van der Waals surface area contributed by atoms with Crippen LogP contribution in [0.2, 0.25) is 0 Å². The Balaban J connectivity index is 3.47. The van der Waals surface area contributed by atoms with Gasteiger partial charge in [-0.25, -0.2) is 0 Å².